The van der Waals surface area contributed by atoms with Gasteiger partial charge in [-0.1, -0.05) is 0 Å². The van der Waals surface area contributed by atoms with Crippen LogP contribution in [0, 0.1) is 0 Å². The van der Waals surface area contributed by atoms with E-state index in [-0.39, 0.29) is 5.78 Å². The van der Waals surface area contributed by atoms with E-state index in [1.54, 1.807) is 7.07 Å². The van der Waals surface area contributed by atoms with Crippen LogP contribution in [0.1, 0.15) is 0 Å². The van der Waals surface area contributed by atoms with Crippen molar-refractivity contribution in [1.82, 2.24) is 0 Å². The van der Waals surface area contributed by atoms with Gasteiger partial charge in [-0.05, 0) is 0 Å². The average Bonchev–Trinajstić information content (AvgIpc) is 1.69. The first-order chi connectivity index (χ1) is 3.39. The standard InChI is InChI=1S/C4H4BNO/c7-4-1-2-6-5-3-4/h1-2H,3H2. The fraction of sp³-hybridized carbons (Fsp3) is 0.250. The van der Waals surface area contributed by atoms with Crippen LogP contribution in [0.5, 0.6) is 0 Å². The van der Waals surface area contributed by atoms with Crippen LogP contribution in [0.3, 0.4) is 0 Å². The van der Waals surface area contributed by atoms with E-state index >= 15 is 0 Å². The zero-order chi connectivity index (χ0) is 5.11. The number of ketones is 1. The van der Waals surface area contributed by atoms with Gasteiger partial charge in [-0.2, -0.15) is 0 Å². The van der Waals surface area contributed by atoms with Crippen LogP contribution in [-0.2, 0) is 4.79 Å². The Hall–Kier alpha value is -0.725. The number of allylic oxidation sites excluding steroid dienone is 1. The van der Waals surface area contributed by atoms with Gasteiger partial charge in [0.15, 0.2) is 0 Å². The Morgan fingerprint density at radius 1 is 1.86 bits per heavy atom. The molecule has 0 aliphatic carbocycles. The number of carbonyl (C=O) groups excluding carboxylic acids is 1. The predicted octanol–water partition coefficient (Wildman–Crippen LogP) is 0.389. The fourth-order valence-corrected chi connectivity index (χ4v) is 0.398. The van der Waals surface area contributed by atoms with Gasteiger partial charge >= 0.3 is 41.1 Å². The van der Waals surface area contributed by atoms with Crippen LogP contribution in [0.2, 0.25) is 6.32 Å². The van der Waals surface area contributed by atoms with Crippen LogP contribution >= 0.6 is 0 Å². The summed E-state index contributed by atoms with van der Waals surface area (Å²) in [5.74, 6) is 0.134. The summed E-state index contributed by atoms with van der Waals surface area (Å²) in [6.45, 7) is 0. The molecule has 0 unspecified atom stereocenters. The molecule has 0 spiro atoms. The van der Waals surface area contributed by atoms with Gasteiger partial charge in [-0.25, -0.2) is 0 Å². The van der Waals surface area contributed by atoms with Crippen molar-refractivity contribution in [3.63, 3.8) is 0 Å². The molecule has 7 heavy (non-hydrogen) atoms. The predicted molar refractivity (Wildman–Crippen MR) is 27.1 cm³/mol. The van der Waals surface area contributed by atoms with Gasteiger partial charge in [0.05, 0.1) is 0 Å². The van der Waals surface area contributed by atoms with Gasteiger partial charge in [0.25, 0.3) is 0 Å². The van der Waals surface area contributed by atoms with E-state index in [1.165, 1.54) is 12.3 Å². The van der Waals surface area contributed by atoms with Crippen molar-refractivity contribution >= 4 is 12.9 Å². The monoisotopic (exact) mass is 93.0 g/mol. The van der Waals surface area contributed by atoms with Crippen LogP contribution < -0.4 is 0 Å². The van der Waals surface area contributed by atoms with Gasteiger partial charge in [0.1, 0.15) is 0 Å². The SMILES string of the molecule is O=C1C=CN=BC1. The molecule has 1 heterocycles. The third-order valence-corrected chi connectivity index (χ3v) is 0.744. The molecule has 0 N–H and O–H groups in total. The van der Waals surface area contributed by atoms with Crippen molar-refractivity contribution in [2.75, 3.05) is 0 Å². The van der Waals surface area contributed by atoms with E-state index < -0.39 is 0 Å². The molecule has 0 aromatic heterocycles. The maximum absolute atomic E-state index is 10.3. The zero-order valence-electron chi connectivity index (χ0n) is 3.79. The zero-order valence-corrected chi connectivity index (χ0v) is 3.79. The molecule has 0 bridgehead atoms. The molecule has 3 heteroatoms. The Balaban J connectivity index is 2.66. The fourth-order valence-electron chi connectivity index (χ4n) is 0.398. The summed E-state index contributed by atoms with van der Waals surface area (Å²) >= 11 is 0. The van der Waals surface area contributed by atoms with E-state index in [1.807, 2.05) is 0 Å². The molecule has 1 aliphatic heterocycles. The van der Waals surface area contributed by atoms with Crippen LogP contribution in [0.4, 0.5) is 0 Å². The quantitative estimate of drug-likeness (QED) is 0.398. The second-order valence-corrected chi connectivity index (χ2v) is 1.32. The van der Waals surface area contributed by atoms with Crippen molar-refractivity contribution in [2.24, 2.45) is 4.90 Å². The van der Waals surface area contributed by atoms with Gasteiger partial charge in [-0.15, -0.1) is 0 Å². The molecule has 34 valence electrons. The van der Waals surface area contributed by atoms with Crippen molar-refractivity contribution in [3.8, 4) is 0 Å². The summed E-state index contributed by atoms with van der Waals surface area (Å²) in [6.07, 6.45) is 3.45. The molecule has 0 aromatic carbocycles. The van der Waals surface area contributed by atoms with E-state index in [0.717, 1.165) is 0 Å². The number of hydrogen-bond acceptors (Lipinski definition) is 2. The van der Waals surface area contributed by atoms with Crippen molar-refractivity contribution in [3.05, 3.63) is 12.3 Å². The number of hydrogen-bond donors (Lipinski definition) is 0. The Morgan fingerprint density at radius 3 is 3.00 bits per heavy atom. The molecule has 1 aliphatic rings. The second-order valence-electron chi connectivity index (χ2n) is 1.32. The first kappa shape index (κ1) is 4.43. The average molecular weight is 92.9 g/mol. The van der Waals surface area contributed by atoms with Gasteiger partial charge in [0.2, 0.25) is 0 Å². The maximum atomic E-state index is 10.3. The first-order valence-electron chi connectivity index (χ1n) is 2.10. The third-order valence-electron chi connectivity index (χ3n) is 0.744. The number of rotatable bonds is 0. The molecule has 0 aromatic rings. The molecule has 0 amide bonds. The van der Waals surface area contributed by atoms with E-state index in [2.05, 4.69) is 4.90 Å². The molecule has 0 radical (unpaired) electrons. The molecule has 0 saturated heterocycles. The number of nitrogens with zero attached hydrogens (tertiary/aromatic N) is 1. The van der Waals surface area contributed by atoms with E-state index in [0.29, 0.717) is 6.32 Å². The summed E-state index contributed by atoms with van der Waals surface area (Å²) < 4.78 is 0. The summed E-state index contributed by atoms with van der Waals surface area (Å²) in [6, 6.07) is 0. The number of carbonyl (C=O) groups is 1. The summed E-state index contributed by atoms with van der Waals surface area (Å²) in [7, 11) is 1.60. The molecular weight excluding hydrogens is 88.9 g/mol. The molecule has 1 rings (SSSR count). The van der Waals surface area contributed by atoms with Crippen LogP contribution in [-0.4, -0.2) is 12.9 Å². The molecule has 0 saturated carbocycles. The Kier molecular flexibility index (Phi) is 1.15. The normalized spacial score (nSPS) is 16.9. The van der Waals surface area contributed by atoms with Gasteiger partial charge in [-0.3, -0.25) is 0 Å². The topological polar surface area (TPSA) is 29.4 Å². The summed E-state index contributed by atoms with van der Waals surface area (Å²) in [4.78, 5) is 14.0. The molecular formula is C4H4BNO. The first-order valence-corrected chi connectivity index (χ1v) is 2.10. The van der Waals surface area contributed by atoms with Crippen molar-refractivity contribution in [2.45, 2.75) is 6.32 Å². The summed E-state index contributed by atoms with van der Waals surface area (Å²) in [5.41, 5.74) is 0. The van der Waals surface area contributed by atoms with Gasteiger partial charge in [0, 0.05) is 0 Å². The summed E-state index contributed by atoms with van der Waals surface area (Å²) in [5, 5.41) is 0. The van der Waals surface area contributed by atoms with Crippen molar-refractivity contribution < 1.29 is 4.79 Å². The minimum atomic E-state index is 0.134. The third kappa shape index (κ3) is 1.07. The van der Waals surface area contributed by atoms with E-state index in [9.17, 15) is 4.79 Å². The Morgan fingerprint density at radius 2 is 2.71 bits per heavy atom. The van der Waals surface area contributed by atoms with Crippen molar-refractivity contribution in [1.29, 1.82) is 0 Å². The molecule has 0 fully saturated rings. The Bertz CT molecular complexity index is 139. The molecule has 2 nitrogen and oxygen atoms in total. The second kappa shape index (κ2) is 1.82. The Labute approximate surface area is 42.2 Å². The van der Waals surface area contributed by atoms with Crippen LogP contribution in [0.15, 0.2) is 17.2 Å². The molecule has 0 atom stereocenters. The van der Waals surface area contributed by atoms with Crippen LogP contribution in [0.25, 0.3) is 0 Å². The van der Waals surface area contributed by atoms with E-state index in [4.69, 9.17) is 0 Å². The van der Waals surface area contributed by atoms with Gasteiger partial charge < -0.3 is 0 Å². The minimum absolute atomic E-state index is 0.134.